The molecule has 17 heavy (non-hydrogen) atoms. The van der Waals surface area contributed by atoms with Crippen molar-refractivity contribution in [1.82, 2.24) is 19.7 Å². The summed E-state index contributed by atoms with van der Waals surface area (Å²) in [5.74, 6) is 0. The van der Waals surface area contributed by atoms with E-state index in [4.69, 9.17) is 5.73 Å². The monoisotopic (exact) mass is 225 g/mol. The van der Waals surface area contributed by atoms with Gasteiger partial charge in [0, 0.05) is 17.8 Å². The van der Waals surface area contributed by atoms with Crippen LogP contribution in [-0.4, -0.2) is 19.7 Å². The SMILES string of the molecule is Cc1nn(-c2ccncc2)c2ncc(N)cc12. The number of nitrogen functional groups attached to an aromatic ring is 1. The van der Waals surface area contributed by atoms with E-state index in [0.717, 1.165) is 22.4 Å². The molecule has 0 saturated carbocycles. The summed E-state index contributed by atoms with van der Waals surface area (Å²) in [6.07, 6.45) is 5.10. The summed E-state index contributed by atoms with van der Waals surface area (Å²) in [6.45, 7) is 1.95. The molecule has 3 rings (SSSR count). The first-order valence-electron chi connectivity index (χ1n) is 5.27. The third-order valence-electron chi connectivity index (χ3n) is 2.64. The first-order valence-corrected chi connectivity index (χ1v) is 5.27. The van der Waals surface area contributed by atoms with Gasteiger partial charge in [0.2, 0.25) is 0 Å². The average molecular weight is 225 g/mol. The Morgan fingerprint density at radius 3 is 2.76 bits per heavy atom. The van der Waals surface area contributed by atoms with E-state index in [0.29, 0.717) is 5.69 Å². The van der Waals surface area contributed by atoms with Crippen molar-refractivity contribution in [3.8, 4) is 5.69 Å². The van der Waals surface area contributed by atoms with Crippen molar-refractivity contribution in [2.45, 2.75) is 6.92 Å². The van der Waals surface area contributed by atoms with E-state index < -0.39 is 0 Å². The maximum absolute atomic E-state index is 5.73. The number of aromatic nitrogens is 4. The molecule has 0 atom stereocenters. The van der Waals surface area contributed by atoms with Crippen LogP contribution in [0.1, 0.15) is 5.69 Å². The lowest BCUT2D eigenvalue weighted by Gasteiger charge is -2.01. The van der Waals surface area contributed by atoms with Crippen LogP contribution in [0.2, 0.25) is 0 Å². The van der Waals surface area contributed by atoms with E-state index in [1.54, 1.807) is 23.3 Å². The van der Waals surface area contributed by atoms with E-state index >= 15 is 0 Å². The lowest BCUT2D eigenvalue weighted by atomic mass is 10.2. The van der Waals surface area contributed by atoms with Crippen LogP contribution in [0.5, 0.6) is 0 Å². The number of hydrogen-bond acceptors (Lipinski definition) is 4. The van der Waals surface area contributed by atoms with E-state index in [1.165, 1.54) is 0 Å². The molecule has 84 valence electrons. The fourth-order valence-electron chi connectivity index (χ4n) is 1.83. The first kappa shape index (κ1) is 9.77. The molecule has 0 aliphatic heterocycles. The number of aryl methyl sites for hydroxylation is 1. The lowest BCUT2D eigenvalue weighted by molar-refractivity contribution is 0.875. The molecule has 3 aromatic rings. The smallest absolute Gasteiger partial charge is 0.163 e. The van der Waals surface area contributed by atoms with Crippen LogP contribution < -0.4 is 5.73 Å². The molecule has 5 nitrogen and oxygen atoms in total. The molecular weight excluding hydrogens is 214 g/mol. The van der Waals surface area contributed by atoms with Crippen LogP contribution in [0, 0.1) is 6.92 Å². The molecule has 0 radical (unpaired) electrons. The molecule has 0 aliphatic carbocycles. The standard InChI is InChI=1S/C12H11N5/c1-8-11-6-9(13)7-15-12(11)17(16-8)10-2-4-14-5-3-10/h2-7H,13H2,1H3. The van der Waals surface area contributed by atoms with Crippen LogP contribution in [0.4, 0.5) is 5.69 Å². The van der Waals surface area contributed by atoms with Crippen molar-refractivity contribution < 1.29 is 0 Å². The van der Waals surface area contributed by atoms with Crippen LogP contribution in [0.15, 0.2) is 36.8 Å². The second-order valence-electron chi connectivity index (χ2n) is 3.84. The Kier molecular flexibility index (Phi) is 2.04. The summed E-state index contributed by atoms with van der Waals surface area (Å²) in [7, 11) is 0. The third kappa shape index (κ3) is 1.52. The highest BCUT2D eigenvalue weighted by atomic mass is 15.3. The number of nitrogens with zero attached hydrogens (tertiary/aromatic N) is 4. The summed E-state index contributed by atoms with van der Waals surface area (Å²) in [5, 5.41) is 5.45. The van der Waals surface area contributed by atoms with Crippen LogP contribution in [0.25, 0.3) is 16.7 Å². The van der Waals surface area contributed by atoms with Crippen LogP contribution in [0.3, 0.4) is 0 Å². The molecule has 0 bridgehead atoms. The van der Waals surface area contributed by atoms with Gasteiger partial charge in [-0.3, -0.25) is 4.98 Å². The molecule has 0 unspecified atom stereocenters. The largest absolute Gasteiger partial charge is 0.397 e. The fourth-order valence-corrected chi connectivity index (χ4v) is 1.83. The Morgan fingerprint density at radius 2 is 2.00 bits per heavy atom. The molecule has 5 heteroatoms. The van der Waals surface area contributed by atoms with Crippen molar-refractivity contribution in [3.63, 3.8) is 0 Å². The van der Waals surface area contributed by atoms with Crippen molar-refractivity contribution in [3.05, 3.63) is 42.5 Å². The third-order valence-corrected chi connectivity index (χ3v) is 2.64. The minimum atomic E-state index is 0.648. The van der Waals surface area contributed by atoms with E-state index in [2.05, 4.69) is 15.1 Å². The molecule has 0 spiro atoms. The van der Waals surface area contributed by atoms with Gasteiger partial charge in [-0.2, -0.15) is 5.10 Å². The molecule has 2 N–H and O–H groups in total. The van der Waals surface area contributed by atoms with Crippen molar-refractivity contribution in [2.75, 3.05) is 5.73 Å². The highest BCUT2D eigenvalue weighted by molar-refractivity contribution is 5.82. The quantitative estimate of drug-likeness (QED) is 0.684. The van der Waals surface area contributed by atoms with Crippen LogP contribution in [-0.2, 0) is 0 Å². The van der Waals surface area contributed by atoms with Gasteiger partial charge < -0.3 is 5.73 Å². The van der Waals surface area contributed by atoms with E-state index in [-0.39, 0.29) is 0 Å². The Labute approximate surface area is 97.9 Å². The zero-order valence-corrected chi connectivity index (χ0v) is 9.33. The lowest BCUT2D eigenvalue weighted by Crippen LogP contribution is -1.98. The summed E-state index contributed by atoms with van der Waals surface area (Å²) >= 11 is 0. The number of fused-ring (bicyclic) bond motifs is 1. The van der Waals surface area contributed by atoms with E-state index in [1.807, 2.05) is 25.1 Å². The Bertz CT molecular complexity index is 672. The van der Waals surface area contributed by atoms with Gasteiger partial charge in [-0.15, -0.1) is 0 Å². The summed E-state index contributed by atoms with van der Waals surface area (Å²) in [4.78, 5) is 8.32. The van der Waals surface area contributed by atoms with Crippen LogP contribution >= 0.6 is 0 Å². The van der Waals surface area contributed by atoms with Gasteiger partial charge in [-0.05, 0) is 25.1 Å². The second-order valence-corrected chi connectivity index (χ2v) is 3.84. The number of hydrogen-bond donors (Lipinski definition) is 1. The summed E-state index contributed by atoms with van der Waals surface area (Å²) < 4.78 is 1.80. The summed E-state index contributed by atoms with van der Waals surface area (Å²) in [6, 6.07) is 5.68. The molecule has 3 aromatic heterocycles. The number of nitrogens with two attached hydrogens (primary N) is 1. The van der Waals surface area contributed by atoms with E-state index in [9.17, 15) is 0 Å². The maximum atomic E-state index is 5.73. The first-order chi connectivity index (χ1) is 8.25. The minimum absolute atomic E-state index is 0.648. The van der Waals surface area contributed by atoms with Crippen molar-refractivity contribution in [2.24, 2.45) is 0 Å². The van der Waals surface area contributed by atoms with Gasteiger partial charge in [-0.1, -0.05) is 0 Å². The minimum Gasteiger partial charge on any atom is -0.397 e. The average Bonchev–Trinajstić information content (AvgIpc) is 2.68. The highest BCUT2D eigenvalue weighted by Gasteiger charge is 2.09. The van der Waals surface area contributed by atoms with Gasteiger partial charge >= 0.3 is 0 Å². The number of rotatable bonds is 1. The molecular formula is C12H11N5. The van der Waals surface area contributed by atoms with Gasteiger partial charge in [0.05, 0.1) is 23.3 Å². The topological polar surface area (TPSA) is 69.6 Å². The van der Waals surface area contributed by atoms with Gasteiger partial charge in [0.25, 0.3) is 0 Å². The summed E-state index contributed by atoms with van der Waals surface area (Å²) in [5.41, 5.74) is 9.04. The zero-order chi connectivity index (χ0) is 11.8. The van der Waals surface area contributed by atoms with Crippen molar-refractivity contribution >= 4 is 16.7 Å². The van der Waals surface area contributed by atoms with Gasteiger partial charge in [-0.25, -0.2) is 9.67 Å². The highest BCUT2D eigenvalue weighted by Crippen LogP contribution is 2.21. The number of pyridine rings is 2. The zero-order valence-electron chi connectivity index (χ0n) is 9.33. The molecule has 3 heterocycles. The Hall–Kier alpha value is -2.43. The fraction of sp³-hybridized carbons (Fsp3) is 0.0833. The predicted octanol–water partition coefficient (Wildman–Crippen LogP) is 1.71. The molecule has 0 aromatic carbocycles. The number of anilines is 1. The molecule has 0 amide bonds. The molecule has 0 fully saturated rings. The molecule has 0 aliphatic rings. The Balaban J connectivity index is 2.32. The maximum Gasteiger partial charge on any atom is 0.163 e. The Morgan fingerprint density at radius 1 is 1.24 bits per heavy atom. The van der Waals surface area contributed by atoms with Gasteiger partial charge in [0.1, 0.15) is 0 Å². The molecule has 0 saturated heterocycles. The predicted molar refractivity (Wildman–Crippen MR) is 65.8 cm³/mol. The second kappa shape index (κ2) is 3.55. The normalized spacial score (nSPS) is 10.9. The van der Waals surface area contributed by atoms with Crippen molar-refractivity contribution in [1.29, 1.82) is 0 Å². The van der Waals surface area contributed by atoms with Gasteiger partial charge in [0.15, 0.2) is 5.65 Å².